The molecule has 2 aliphatic rings. The molecule has 0 bridgehead atoms. The van der Waals surface area contributed by atoms with Crippen molar-refractivity contribution in [3.8, 4) is 0 Å². The molecule has 70 valence electrons. The largest absolute Gasteiger partial charge is 0.389 e. The third-order valence-corrected chi connectivity index (χ3v) is 4.22. The summed E-state index contributed by atoms with van der Waals surface area (Å²) in [7, 11) is 0. The number of hydrogen-bond acceptors (Lipinski definition) is 1. The number of rotatable bonds is 1. The summed E-state index contributed by atoms with van der Waals surface area (Å²) in [5.41, 5.74) is -0.304. The molecule has 2 fully saturated rings. The van der Waals surface area contributed by atoms with Crippen LogP contribution in [0.15, 0.2) is 0 Å². The van der Waals surface area contributed by atoms with Gasteiger partial charge in [0.25, 0.3) is 0 Å². The van der Waals surface area contributed by atoms with Crippen LogP contribution in [0.25, 0.3) is 0 Å². The molecule has 2 rings (SSSR count). The minimum Gasteiger partial charge on any atom is -0.389 e. The summed E-state index contributed by atoms with van der Waals surface area (Å²) in [5, 5.41) is 10.4. The van der Waals surface area contributed by atoms with Gasteiger partial charge in [-0.2, -0.15) is 0 Å². The first-order valence-electron chi connectivity index (χ1n) is 5.37. The quantitative estimate of drug-likeness (QED) is 0.638. The van der Waals surface area contributed by atoms with Gasteiger partial charge in [0.1, 0.15) is 0 Å². The Morgan fingerprint density at radius 3 is 2.67 bits per heavy atom. The second-order valence-electron chi connectivity index (χ2n) is 4.98. The predicted octanol–water partition coefficient (Wildman–Crippen LogP) is 2.58. The Labute approximate surface area is 75.2 Å². The first-order chi connectivity index (χ1) is 5.64. The highest BCUT2D eigenvalue weighted by Gasteiger charge is 2.50. The molecule has 0 amide bonds. The lowest BCUT2D eigenvalue weighted by atomic mass is 9.79. The second kappa shape index (κ2) is 2.73. The minimum absolute atomic E-state index is 0.304. The standard InChI is InChI=1S/C11H20O/c1-8(2)11(12)7-6-9-4-3-5-10(9)11/h8-10,12H,3-7H2,1-2H3/t9-,10-,11-/m0/s1. The van der Waals surface area contributed by atoms with Gasteiger partial charge in [-0.1, -0.05) is 26.7 Å². The van der Waals surface area contributed by atoms with Crippen molar-refractivity contribution in [3.63, 3.8) is 0 Å². The van der Waals surface area contributed by atoms with E-state index < -0.39 is 0 Å². The van der Waals surface area contributed by atoms with Crippen molar-refractivity contribution in [2.45, 2.75) is 51.6 Å². The van der Waals surface area contributed by atoms with E-state index >= 15 is 0 Å². The van der Waals surface area contributed by atoms with E-state index in [0.717, 1.165) is 12.3 Å². The van der Waals surface area contributed by atoms with Crippen LogP contribution in [0.4, 0.5) is 0 Å². The molecule has 0 aromatic heterocycles. The SMILES string of the molecule is CC(C)[C@@]1(O)CC[C@@H]2CCC[C@@H]21. The smallest absolute Gasteiger partial charge is 0.0701 e. The Kier molecular flexibility index (Phi) is 1.95. The molecule has 1 N–H and O–H groups in total. The van der Waals surface area contributed by atoms with Crippen LogP contribution in [0.2, 0.25) is 0 Å². The van der Waals surface area contributed by atoms with E-state index in [1.54, 1.807) is 0 Å². The monoisotopic (exact) mass is 168 g/mol. The molecular formula is C11H20O. The Hall–Kier alpha value is -0.0400. The fourth-order valence-corrected chi connectivity index (χ4v) is 3.36. The molecule has 0 unspecified atom stereocenters. The highest BCUT2D eigenvalue weighted by Crippen LogP contribution is 2.52. The van der Waals surface area contributed by atoms with Crippen molar-refractivity contribution >= 4 is 0 Å². The van der Waals surface area contributed by atoms with Gasteiger partial charge < -0.3 is 5.11 Å². The van der Waals surface area contributed by atoms with Gasteiger partial charge in [-0.3, -0.25) is 0 Å². The van der Waals surface area contributed by atoms with Crippen LogP contribution in [0.5, 0.6) is 0 Å². The Morgan fingerprint density at radius 2 is 2.00 bits per heavy atom. The first-order valence-corrected chi connectivity index (χ1v) is 5.37. The van der Waals surface area contributed by atoms with Gasteiger partial charge in [0.15, 0.2) is 0 Å². The van der Waals surface area contributed by atoms with Crippen LogP contribution < -0.4 is 0 Å². The van der Waals surface area contributed by atoms with Gasteiger partial charge in [-0.25, -0.2) is 0 Å². The van der Waals surface area contributed by atoms with Crippen molar-refractivity contribution in [3.05, 3.63) is 0 Å². The highest BCUT2D eigenvalue weighted by molar-refractivity contribution is 5.01. The van der Waals surface area contributed by atoms with E-state index in [-0.39, 0.29) is 5.60 Å². The highest BCUT2D eigenvalue weighted by atomic mass is 16.3. The average Bonchev–Trinajstić information content (AvgIpc) is 2.54. The molecule has 2 saturated carbocycles. The Morgan fingerprint density at radius 1 is 1.25 bits per heavy atom. The van der Waals surface area contributed by atoms with E-state index in [9.17, 15) is 5.11 Å². The van der Waals surface area contributed by atoms with Crippen LogP contribution in [-0.2, 0) is 0 Å². The van der Waals surface area contributed by atoms with Gasteiger partial charge in [0, 0.05) is 0 Å². The maximum absolute atomic E-state index is 10.4. The van der Waals surface area contributed by atoms with Crippen LogP contribution in [0.3, 0.4) is 0 Å². The third kappa shape index (κ3) is 1.02. The molecular weight excluding hydrogens is 148 g/mol. The summed E-state index contributed by atoms with van der Waals surface area (Å²) in [6.07, 6.45) is 6.34. The Bertz CT molecular complexity index is 176. The van der Waals surface area contributed by atoms with Gasteiger partial charge >= 0.3 is 0 Å². The van der Waals surface area contributed by atoms with E-state index in [1.807, 2.05) is 0 Å². The maximum Gasteiger partial charge on any atom is 0.0701 e. The molecule has 0 aliphatic heterocycles. The van der Waals surface area contributed by atoms with Crippen LogP contribution >= 0.6 is 0 Å². The number of hydrogen-bond donors (Lipinski definition) is 1. The van der Waals surface area contributed by atoms with E-state index in [1.165, 1.54) is 25.7 Å². The molecule has 0 saturated heterocycles. The molecule has 2 aliphatic carbocycles. The van der Waals surface area contributed by atoms with Crippen LogP contribution in [0, 0.1) is 17.8 Å². The molecule has 1 nitrogen and oxygen atoms in total. The average molecular weight is 168 g/mol. The molecule has 0 radical (unpaired) electrons. The summed E-state index contributed by atoms with van der Waals surface area (Å²) in [6.45, 7) is 4.33. The van der Waals surface area contributed by atoms with Crippen molar-refractivity contribution < 1.29 is 5.11 Å². The summed E-state index contributed by atoms with van der Waals surface area (Å²) in [6, 6.07) is 0. The van der Waals surface area contributed by atoms with E-state index in [0.29, 0.717) is 11.8 Å². The minimum atomic E-state index is -0.304. The number of fused-ring (bicyclic) bond motifs is 1. The van der Waals surface area contributed by atoms with Gasteiger partial charge in [0.2, 0.25) is 0 Å². The fraction of sp³-hybridized carbons (Fsp3) is 1.00. The molecule has 3 atom stereocenters. The topological polar surface area (TPSA) is 20.2 Å². The van der Waals surface area contributed by atoms with Crippen LogP contribution in [0.1, 0.15) is 46.0 Å². The van der Waals surface area contributed by atoms with Crippen molar-refractivity contribution in [2.75, 3.05) is 0 Å². The van der Waals surface area contributed by atoms with Crippen LogP contribution in [-0.4, -0.2) is 10.7 Å². The predicted molar refractivity (Wildman–Crippen MR) is 49.9 cm³/mol. The summed E-state index contributed by atoms with van der Waals surface area (Å²) in [5.74, 6) is 1.94. The maximum atomic E-state index is 10.4. The zero-order chi connectivity index (χ0) is 8.77. The lowest BCUT2D eigenvalue weighted by Crippen LogP contribution is -2.39. The molecule has 1 heteroatoms. The summed E-state index contributed by atoms with van der Waals surface area (Å²) < 4.78 is 0. The van der Waals surface area contributed by atoms with E-state index in [2.05, 4.69) is 13.8 Å². The van der Waals surface area contributed by atoms with Crippen molar-refractivity contribution in [1.29, 1.82) is 0 Å². The van der Waals surface area contributed by atoms with Gasteiger partial charge in [-0.05, 0) is 37.0 Å². The molecule has 0 spiro atoms. The third-order valence-electron chi connectivity index (χ3n) is 4.22. The van der Waals surface area contributed by atoms with E-state index in [4.69, 9.17) is 0 Å². The fourth-order valence-electron chi connectivity index (χ4n) is 3.36. The summed E-state index contributed by atoms with van der Waals surface area (Å²) >= 11 is 0. The molecule has 12 heavy (non-hydrogen) atoms. The first kappa shape index (κ1) is 8.55. The zero-order valence-electron chi connectivity index (χ0n) is 8.21. The van der Waals surface area contributed by atoms with Crippen molar-refractivity contribution in [2.24, 2.45) is 17.8 Å². The second-order valence-corrected chi connectivity index (χ2v) is 4.98. The van der Waals surface area contributed by atoms with Crippen molar-refractivity contribution in [1.82, 2.24) is 0 Å². The van der Waals surface area contributed by atoms with Gasteiger partial charge in [-0.15, -0.1) is 0 Å². The zero-order valence-corrected chi connectivity index (χ0v) is 8.21. The lowest BCUT2D eigenvalue weighted by Gasteiger charge is -2.33. The number of aliphatic hydroxyl groups is 1. The molecule has 0 aromatic carbocycles. The Balaban J connectivity index is 2.17. The van der Waals surface area contributed by atoms with Gasteiger partial charge in [0.05, 0.1) is 5.60 Å². The molecule has 0 heterocycles. The normalized spacial score (nSPS) is 47.0. The molecule has 0 aromatic rings. The lowest BCUT2D eigenvalue weighted by molar-refractivity contribution is -0.0431. The summed E-state index contributed by atoms with van der Waals surface area (Å²) in [4.78, 5) is 0.